The molecule has 0 aromatic rings. The Morgan fingerprint density at radius 2 is 0.660 bits per heavy atom. The van der Waals surface area contributed by atoms with Gasteiger partial charge in [0.25, 0.3) is 0 Å². The van der Waals surface area contributed by atoms with Gasteiger partial charge in [0.1, 0.15) is 0 Å². The van der Waals surface area contributed by atoms with Crippen molar-refractivity contribution in [3.8, 4) is 0 Å². The maximum Gasteiger partial charge on any atom is 0.305 e. The Bertz CT molecular complexity index is 702. The number of allylic oxidation sites excluding steroid dienone is 2. The number of ether oxygens (including phenoxy) is 1. The van der Waals surface area contributed by atoms with E-state index in [1.807, 2.05) is 0 Å². The van der Waals surface area contributed by atoms with Crippen molar-refractivity contribution < 1.29 is 19.4 Å². The van der Waals surface area contributed by atoms with Crippen molar-refractivity contribution in [2.75, 3.05) is 6.61 Å². The molecule has 1 N–H and O–H groups in total. The Morgan fingerprint density at radius 3 is 1.00 bits per heavy atom. The van der Waals surface area contributed by atoms with Crippen LogP contribution in [-0.2, 0) is 14.3 Å². The molecule has 0 spiro atoms. The second kappa shape index (κ2) is 43.8. The molecule has 0 radical (unpaired) electrons. The zero-order valence-electron chi connectivity index (χ0n) is 33.8. The molecule has 296 valence electrons. The molecule has 0 saturated carbocycles. The Kier molecular flexibility index (Phi) is 42.7. The van der Waals surface area contributed by atoms with E-state index < -0.39 is 5.97 Å². The molecule has 0 amide bonds. The molecule has 0 aliphatic rings. The molecular weight excluding hydrogens is 617 g/mol. The summed E-state index contributed by atoms with van der Waals surface area (Å²) in [6.45, 7) is 2.89. The minimum absolute atomic E-state index is 0.0109. The molecule has 0 aliphatic heterocycles. The number of hydrogen-bond acceptors (Lipinski definition) is 3. The van der Waals surface area contributed by atoms with E-state index in [0.29, 0.717) is 19.4 Å². The standard InChI is InChI=1S/C46H88O4/c1-2-3-4-5-6-7-8-9-21-25-28-31-34-37-40-43-46(49)50-44-41-38-35-32-29-26-23-20-18-16-14-12-10-11-13-15-17-19-22-24-27-30-33-36-39-42-45(47)48/h9,21H,2-8,10-20,22-44H2,1H3,(H,47,48)/b21-9-. The second-order valence-electron chi connectivity index (χ2n) is 15.5. The average Bonchev–Trinajstić information content (AvgIpc) is 3.11. The third-order valence-corrected chi connectivity index (χ3v) is 10.4. The van der Waals surface area contributed by atoms with Gasteiger partial charge in [-0.2, -0.15) is 0 Å². The number of carboxylic acids is 1. The van der Waals surface area contributed by atoms with Crippen LogP contribution in [0.5, 0.6) is 0 Å². The van der Waals surface area contributed by atoms with Crippen LogP contribution in [0.25, 0.3) is 0 Å². The van der Waals surface area contributed by atoms with Crippen LogP contribution < -0.4 is 0 Å². The molecule has 0 heterocycles. The highest BCUT2D eigenvalue weighted by Crippen LogP contribution is 2.16. The van der Waals surface area contributed by atoms with Gasteiger partial charge < -0.3 is 9.84 Å². The smallest absolute Gasteiger partial charge is 0.305 e. The highest BCUT2D eigenvalue weighted by atomic mass is 16.5. The number of unbranched alkanes of at least 4 members (excludes halogenated alkanes) is 35. The summed E-state index contributed by atoms with van der Waals surface area (Å²) in [6, 6.07) is 0. The summed E-state index contributed by atoms with van der Waals surface area (Å²) < 4.78 is 5.46. The van der Waals surface area contributed by atoms with Crippen LogP contribution in [0.1, 0.15) is 264 Å². The predicted molar refractivity (Wildman–Crippen MR) is 218 cm³/mol. The first kappa shape index (κ1) is 48.7. The monoisotopic (exact) mass is 705 g/mol. The summed E-state index contributed by atoms with van der Waals surface area (Å²) in [4.78, 5) is 22.5. The maximum absolute atomic E-state index is 12.0. The lowest BCUT2D eigenvalue weighted by Gasteiger charge is -2.06. The Balaban J connectivity index is 3.16. The van der Waals surface area contributed by atoms with Crippen molar-refractivity contribution in [1.29, 1.82) is 0 Å². The number of carboxylic acid groups (broad SMARTS) is 1. The summed E-state index contributed by atoms with van der Waals surface area (Å²) in [5.74, 6) is -0.644. The maximum atomic E-state index is 12.0. The number of carbonyl (C=O) groups excluding carboxylic acids is 1. The minimum atomic E-state index is -0.655. The van der Waals surface area contributed by atoms with Crippen molar-refractivity contribution in [3.05, 3.63) is 12.2 Å². The third kappa shape index (κ3) is 44.7. The Morgan fingerprint density at radius 1 is 0.380 bits per heavy atom. The fourth-order valence-electron chi connectivity index (χ4n) is 7.04. The van der Waals surface area contributed by atoms with Crippen LogP contribution in [0.2, 0.25) is 0 Å². The van der Waals surface area contributed by atoms with Crippen LogP contribution in [0.15, 0.2) is 12.2 Å². The Hall–Kier alpha value is -1.32. The lowest BCUT2D eigenvalue weighted by atomic mass is 10.0. The molecule has 0 aromatic heterocycles. The summed E-state index contributed by atoms with van der Waals surface area (Å²) in [5.41, 5.74) is 0. The van der Waals surface area contributed by atoms with E-state index in [0.717, 1.165) is 32.1 Å². The van der Waals surface area contributed by atoms with E-state index in [4.69, 9.17) is 9.84 Å². The zero-order valence-corrected chi connectivity index (χ0v) is 33.8. The van der Waals surface area contributed by atoms with Gasteiger partial charge in [0.15, 0.2) is 0 Å². The van der Waals surface area contributed by atoms with E-state index >= 15 is 0 Å². The van der Waals surface area contributed by atoms with Crippen LogP contribution in [0.3, 0.4) is 0 Å². The average molecular weight is 705 g/mol. The Labute approximate surface area is 313 Å². The van der Waals surface area contributed by atoms with E-state index in [1.165, 1.54) is 212 Å². The molecule has 0 atom stereocenters. The summed E-state index contributed by atoms with van der Waals surface area (Å²) in [7, 11) is 0. The molecule has 0 fully saturated rings. The summed E-state index contributed by atoms with van der Waals surface area (Å²) >= 11 is 0. The molecule has 0 bridgehead atoms. The molecular formula is C46H88O4. The number of aliphatic carboxylic acids is 1. The minimum Gasteiger partial charge on any atom is -0.481 e. The van der Waals surface area contributed by atoms with Gasteiger partial charge in [-0.3, -0.25) is 9.59 Å². The molecule has 0 aliphatic carbocycles. The highest BCUT2D eigenvalue weighted by Gasteiger charge is 2.03. The number of esters is 1. The highest BCUT2D eigenvalue weighted by molar-refractivity contribution is 5.69. The molecule has 0 saturated heterocycles. The van der Waals surface area contributed by atoms with Crippen LogP contribution in [0.4, 0.5) is 0 Å². The van der Waals surface area contributed by atoms with Crippen molar-refractivity contribution in [2.45, 2.75) is 264 Å². The lowest BCUT2D eigenvalue weighted by molar-refractivity contribution is -0.144. The summed E-state index contributed by atoms with van der Waals surface area (Å²) in [5, 5.41) is 8.65. The normalized spacial score (nSPS) is 11.5. The van der Waals surface area contributed by atoms with Gasteiger partial charge in [0.2, 0.25) is 0 Å². The first-order valence-corrected chi connectivity index (χ1v) is 22.7. The fourth-order valence-corrected chi connectivity index (χ4v) is 7.04. The molecule has 4 nitrogen and oxygen atoms in total. The van der Waals surface area contributed by atoms with Gasteiger partial charge in [0, 0.05) is 12.8 Å². The van der Waals surface area contributed by atoms with Crippen molar-refractivity contribution in [3.63, 3.8) is 0 Å². The predicted octanol–water partition coefficient (Wildman–Crippen LogP) is 15.8. The molecule has 0 rings (SSSR count). The van der Waals surface area contributed by atoms with Gasteiger partial charge in [-0.25, -0.2) is 0 Å². The van der Waals surface area contributed by atoms with Gasteiger partial charge in [0.05, 0.1) is 6.61 Å². The van der Waals surface area contributed by atoms with E-state index in [1.54, 1.807) is 0 Å². The van der Waals surface area contributed by atoms with Gasteiger partial charge in [-0.1, -0.05) is 218 Å². The van der Waals surface area contributed by atoms with Crippen molar-refractivity contribution >= 4 is 11.9 Å². The largest absolute Gasteiger partial charge is 0.481 e. The van der Waals surface area contributed by atoms with E-state index in [2.05, 4.69) is 19.1 Å². The summed E-state index contributed by atoms with van der Waals surface area (Å²) in [6.07, 6.45) is 55.5. The molecule has 0 aromatic carbocycles. The SMILES string of the molecule is CCCCCCCC/C=C\CCCCCCCC(=O)OCCCCCCCCCCCCCCCCCCCCCCCCCCCC(=O)O. The van der Waals surface area contributed by atoms with Crippen molar-refractivity contribution in [2.24, 2.45) is 0 Å². The lowest BCUT2D eigenvalue weighted by Crippen LogP contribution is -2.05. The first-order valence-electron chi connectivity index (χ1n) is 22.7. The van der Waals surface area contributed by atoms with Gasteiger partial charge in [-0.05, 0) is 44.9 Å². The quantitative estimate of drug-likeness (QED) is 0.0390. The second-order valence-corrected chi connectivity index (χ2v) is 15.5. The zero-order chi connectivity index (χ0) is 36.3. The number of hydrogen-bond donors (Lipinski definition) is 1. The van der Waals surface area contributed by atoms with E-state index in [9.17, 15) is 9.59 Å². The van der Waals surface area contributed by atoms with Crippen molar-refractivity contribution in [1.82, 2.24) is 0 Å². The van der Waals surface area contributed by atoms with E-state index in [-0.39, 0.29) is 5.97 Å². The van der Waals surface area contributed by atoms with Gasteiger partial charge >= 0.3 is 11.9 Å². The number of rotatable bonds is 43. The van der Waals surface area contributed by atoms with Gasteiger partial charge in [-0.15, -0.1) is 0 Å². The fraction of sp³-hybridized carbons (Fsp3) is 0.913. The first-order chi connectivity index (χ1) is 24.7. The molecule has 50 heavy (non-hydrogen) atoms. The topological polar surface area (TPSA) is 63.6 Å². The van der Waals surface area contributed by atoms with Crippen LogP contribution >= 0.6 is 0 Å². The van der Waals surface area contributed by atoms with Crippen LogP contribution in [0, 0.1) is 0 Å². The molecule has 0 unspecified atom stereocenters. The third-order valence-electron chi connectivity index (χ3n) is 10.4. The van der Waals surface area contributed by atoms with Crippen LogP contribution in [-0.4, -0.2) is 23.7 Å². The number of carbonyl (C=O) groups is 2. The molecule has 4 heteroatoms.